The van der Waals surface area contributed by atoms with Crippen molar-refractivity contribution < 1.29 is 0 Å². The second-order valence-electron chi connectivity index (χ2n) is 3.41. The summed E-state index contributed by atoms with van der Waals surface area (Å²) in [6, 6.07) is 8.20. The summed E-state index contributed by atoms with van der Waals surface area (Å²) in [6.07, 6.45) is 2.73. The summed E-state index contributed by atoms with van der Waals surface area (Å²) in [5.41, 5.74) is 5.85. The van der Waals surface area contributed by atoms with E-state index in [1.807, 2.05) is 29.9 Å². The minimum absolute atomic E-state index is 0.107. The lowest BCUT2D eigenvalue weighted by Crippen LogP contribution is -2.29. The van der Waals surface area contributed by atoms with Gasteiger partial charge in [0.05, 0.1) is 11.6 Å². The van der Waals surface area contributed by atoms with Crippen LogP contribution in [0.4, 0.5) is 0 Å². The van der Waals surface area contributed by atoms with Gasteiger partial charge in [0.25, 0.3) is 0 Å². The van der Waals surface area contributed by atoms with Crippen LogP contribution in [0.25, 0.3) is 0 Å². The third-order valence-corrected chi connectivity index (χ3v) is 3.89. The normalized spacial score (nSPS) is 12.6. The molecule has 0 aliphatic carbocycles. The van der Waals surface area contributed by atoms with Gasteiger partial charge in [0.1, 0.15) is 0 Å². The number of nitrogens with zero attached hydrogens (tertiary/aromatic N) is 1. The fourth-order valence-electron chi connectivity index (χ4n) is 1.56. The fourth-order valence-corrected chi connectivity index (χ4v) is 2.76. The predicted molar refractivity (Wildman–Crippen MR) is 70.0 cm³/mol. The molecule has 2 aromatic rings. The molecule has 0 saturated heterocycles. The zero-order valence-corrected chi connectivity index (χ0v) is 11.0. The van der Waals surface area contributed by atoms with Crippen LogP contribution in [0.3, 0.4) is 0 Å². The van der Waals surface area contributed by atoms with Crippen molar-refractivity contribution in [2.45, 2.75) is 12.5 Å². The molecular formula is C11H12BrN3S. The third-order valence-electron chi connectivity index (χ3n) is 2.37. The molecule has 0 bridgehead atoms. The Labute approximate surface area is 107 Å². The third kappa shape index (κ3) is 2.68. The van der Waals surface area contributed by atoms with Gasteiger partial charge in [-0.1, -0.05) is 34.1 Å². The molecule has 5 heteroatoms. The SMILES string of the molecule is NNC(Cc1cncs1)c1ccccc1Br. The van der Waals surface area contributed by atoms with Gasteiger partial charge >= 0.3 is 0 Å². The molecule has 3 N–H and O–H groups in total. The Morgan fingerprint density at radius 3 is 2.88 bits per heavy atom. The number of halogens is 1. The molecule has 3 nitrogen and oxygen atoms in total. The van der Waals surface area contributed by atoms with E-state index in [-0.39, 0.29) is 6.04 Å². The van der Waals surface area contributed by atoms with Crippen molar-refractivity contribution in [1.29, 1.82) is 0 Å². The van der Waals surface area contributed by atoms with E-state index in [9.17, 15) is 0 Å². The lowest BCUT2D eigenvalue weighted by atomic mass is 10.0. The minimum Gasteiger partial charge on any atom is -0.271 e. The Balaban J connectivity index is 2.20. The average molecular weight is 298 g/mol. The van der Waals surface area contributed by atoms with Crippen molar-refractivity contribution in [2.75, 3.05) is 0 Å². The Morgan fingerprint density at radius 1 is 1.44 bits per heavy atom. The highest BCUT2D eigenvalue weighted by Crippen LogP contribution is 2.26. The topological polar surface area (TPSA) is 50.9 Å². The minimum atomic E-state index is 0.107. The monoisotopic (exact) mass is 297 g/mol. The smallest absolute Gasteiger partial charge is 0.0794 e. The number of hydrogen-bond acceptors (Lipinski definition) is 4. The van der Waals surface area contributed by atoms with Gasteiger partial charge in [-0.25, -0.2) is 0 Å². The molecule has 1 aromatic heterocycles. The number of hydrazine groups is 1. The molecule has 0 fully saturated rings. The van der Waals surface area contributed by atoms with Crippen molar-refractivity contribution in [3.63, 3.8) is 0 Å². The molecule has 0 aliphatic rings. The van der Waals surface area contributed by atoms with E-state index < -0.39 is 0 Å². The van der Waals surface area contributed by atoms with Crippen molar-refractivity contribution >= 4 is 27.3 Å². The molecule has 1 heterocycles. The van der Waals surface area contributed by atoms with Crippen LogP contribution >= 0.6 is 27.3 Å². The van der Waals surface area contributed by atoms with Crippen LogP contribution in [0.1, 0.15) is 16.5 Å². The second kappa shape index (κ2) is 5.54. The first-order valence-electron chi connectivity index (χ1n) is 4.89. The predicted octanol–water partition coefficient (Wildman–Crippen LogP) is 2.65. The molecular weight excluding hydrogens is 286 g/mol. The molecule has 1 atom stereocenters. The maximum atomic E-state index is 5.60. The molecule has 0 aliphatic heterocycles. The lowest BCUT2D eigenvalue weighted by Gasteiger charge is -2.16. The largest absolute Gasteiger partial charge is 0.271 e. The van der Waals surface area contributed by atoms with Crippen LogP contribution < -0.4 is 11.3 Å². The number of rotatable bonds is 4. The van der Waals surface area contributed by atoms with Crippen LogP contribution in [-0.4, -0.2) is 4.98 Å². The van der Waals surface area contributed by atoms with E-state index in [4.69, 9.17) is 5.84 Å². The maximum Gasteiger partial charge on any atom is 0.0794 e. The van der Waals surface area contributed by atoms with Gasteiger partial charge in [0.2, 0.25) is 0 Å². The Morgan fingerprint density at radius 2 is 2.25 bits per heavy atom. The number of thiazole rings is 1. The van der Waals surface area contributed by atoms with E-state index in [1.54, 1.807) is 11.3 Å². The van der Waals surface area contributed by atoms with Gasteiger partial charge in [-0.2, -0.15) is 0 Å². The van der Waals surface area contributed by atoms with Crippen LogP contribution in [0.15, 0.2) is 40.4 Å². The van der Waals surface area contributed by atoms with Gasteiger partial charge in [0.15, 0.2) is 0 Å². The molecule has 16 heavy (non-hydrogen) atoms. The van der Waals surface area contributed by atoms with Gasteiger partial charge in [-0.15, -0.1) is 11.3 Å². The quantitative estimate of drug-likeness (QED) is 0.674. The standard InChI is InChI=1S/C11H12BrN3S/c12-10-4-2-1-3-9(10)11(15-13)5-8-6-14-7-16-8/h1-4,6-7,11,15H,5,13H2. The van der Waals surface area contributed by atoms with Crippen LogP contribution in [0.2, 0.25) is 0 Å². The zero-order valence-electron chi connectivity index (χ0n) is 8.56. The Kier molecular flexibility index (Phi) is 4.06. The molecule has 1 aromatic carbocycles. The molecule has 84 valence electrons. The number of hydrogen-bond donors (Lipinski definition) is 2. The first kappa shape index (κ1) is 11.7. The summed E-state index contributed by atoms with van der Waals surface area (Å²) < 4.78 is 1.07. The lowest BCUT2D eigenvalue weighted by molar-refractivity contribution is 0.553. The highest BCUT2D eigenvalue weighted by atomic mass is 79.9. The van der Waals surface area contributed by atoms with Crippen molar-refractivity contribution in [3.05, 3.63) is 50.9 Å². The van der Waals surface area contributed by atoms with Crippen molar-refractivity contribution in [3.8, 4) is 0 Å². The first-order chi connectivity index (χ1) is 7.81. The number of nitrogens with two attached hydrogens (primary N) is 1. The molecule has 0 amide bonds. The van der Waals surface area contributed by atoms with Gasteiger partial charge in [-0.3, -0.25) is 16.3 Å². The summed E-state index contributed by atoms with van der Waals surface area (Å²) in [7, 11) is 0. The van der Waals surface area contributed by atoms with Crippen LogP contribution in [-0.2, 0) is 6.42 Å². The first-order valence-corrected chi connectivity index (χ1v) is 6.56. The molecule has 0 saturated carbocycles. The fraction of sp³-hybridized carbons (Fsp3) is 0.182. The molecule has 2 rings (SSSR count). The Bertz CT molecular complexity index is 444. The van der Waals surface area contributed by atoms with Gasteiger partial charge in [-0.05, 0) is 11.6 Å². The second-order valence-corrected chi connectivity index (χ2v) is 5.24. The highest BCUT2D eigenvalue weighted by Gasteiger charge is 2.13. The highest BCUT2D eigenvalue weighted by molar-refractivity contribution is 9.10. The van der Waals surface area contributed by atoms with E-state index in [1.165, 1.54) is 10.4 Å². The summed E-state index contributed by atoms with van der Waals surface area (Å²) in [5.74, 6) is 5.60. The summed E-state index contributed by atoms with van der Waals surface area (Å²) in [6.45, 7) is 0. The summed E-state index contributed by atoms with van der Waals surface area (Å²) in [4.78, 5) is 5.28. The van der Waals surface area contributed by atoms with Crippen LogP contribution in [0, 0.1) is 0 Å². The van der Waals surface area contributed by atoms with E-state index in [0.717, 1.165) is 10.9 Å². The van der Waals surface area contributed by atoms with Crippen LogP contribution in [0.5, 0.6) is 0 Å². The van der Waals surface area contributed by atoms with E-state index in [2.05, 4.69) is 32.4 Å². The summed E-state index contributed by atoms with van der Waals surface area (Å²) >= 11 is 5.18. The number of benzene rings is 1. The molecule has 0 radical (unpaired) electrons. The maximum absolute atomic E-state index is 5.60. The van der Waals surface area contributed by atoms with Crippen molar-refractivity contribution in [2.24, 2.45) is 5.84 Å². The Hall–Kier alpha value is -0.750. The van der Waals surface area contributed by atoms with Crippen molar-refractivity contribution in [1.82, 2.24) is 10.4 Å². The number of aromatic nitrogens is 1. The van der Waals surface area contributed by atoms with Gasteiger partial charge < -0.3 is 0 Å². The molecule has 1 unspecified atom stereocenters. The number of nitrogens with one attached hydrogen (secondary N) is 1. The van der Waals surface area contributed by atoms with E-state index >= 15 is 0 Å². The average Bonchev–Trinajstić information content (AvgIpc) is 2.80. The summed E-state index contributed by atoms with van der Waals surface area (Å²) in [5, 5.41) is 0. The van der Waals surface area contributed by atoms with Gasteiger partial charge in [0, 0.05) is 22.0 Å². The molecule has 0 spiro atoms. The van der Waals surface area contributed by atoms with E-state index in [0.29, 0.717) is 0 Å². The zero-order chi connectivity index (χ0) is 11.4.